The van der Waals surface area contributed by atoms with Crippen molar-refractivity contribution in [3.8, 4) is 0 Å². The minimum absolute atomic E-state index is 0.0970. The Balaban J connectivity index is 1.79. The monoisotopic (exact) mass is 303 g/mol. The van der Waals surface area contributed by atoms with E-state index in [4.69, 9.17) is 9.47 Å². The van der Waals surface area contributed by atoms with E-state index in [1.807, 2.05) is 13.1 Å². The zero-order valence-electron chi connectivity index (χ0n) is 12.9. The van der Waals surface area contributed by atoms with Crippen LogP contribution in [0.5, 0.6) is 0 Å². The van der Waals surface area contributed by atoms with Gasteiger partial charge in [0.15, 0.2) is 0 Å². The van der Waals surface area contributed by atoms with E-state index in [0.29, 0.717) is 18.0 Å². The maximum atomic E-state index is 12.3. The number of ether oxygens (including phenoxy) is 2. The van der Waals surface area contributed by atoms with E-state index < -0.39 is 12.0 Å². The van der Waals surface area contributed by atoms with Gasteiger partial charge >= 0.3 is 11.9 Å². The first-order chi connectivity index (χ1) is 10.6. The van der Waals surface area contributed by atoms with Crippen LogP contribution in [0.2, 0.25) is 0 Å². The Hall–Kier alpha value is -1.88. The Labute approximate surface area is 130 Å². The molecule has 0 saturated carbocycles. The van der Waals surface area contributed by atoms with E-state index in [0.717, 1.165) is 12.8 Å². The van der Waals surface area contributed by atoms with Crippen LogP contribution < -0.4 is 0 Å². The molecule has 3 rings (SSSR count). The topological polar surface area (TPSA) is 55.8 Å². The number of methoxy groups -OCH3 is 1. The van der Waals surface area contributed by atoms with E-state index in [9.17, 15) is 9.59 Å². The molecule has 2 aliphatic heterocycles. The summed E-state index contributed by atoms with van der Waals surface area (Å²) in [5, 5.41) is 0. The highest BCUT2D eigenvalue weighted by Gasteiger charge is 2.50. The zero-order valence-corrected chi connectivity index (χ0v) is 12.9. The Morgan fingerprint density at radius 2 is 1.91 bits per heavy atom. The largest absolute Gasteiger partial charge is 0.469 e. The van der Waals surface area contributed by atoms with Crippen LogP contribution in [0.4, 0.5) is 0 Å². The Kier molecular flexibility index (Phi) is 4.16. The molecule has 1 aromatic carbocycles. The number of hydrogen-bond acceptors (Lipinski definition) is 5. The maximum absolute atomic E-state index is 12.3. The van der Waals surface area contributed by atoms with E-state index in [-0.39, 0.29) is 18.0 Å². The molecule has 0 spiro atoms. The highest BCUT2D eigenvalue weighted by Crippen LogP contribution is 2.40. The summed E-state index contributed by atoms with van der Waals surface area (Å²) in [6, 6.07) is 9.36. The first-order valence-corrected chi connectivity index (χ1v) is 7.67. The van der Waals surface area contributed by atoms with Gasteiger partial charge in [0.1, 0.15) is 12.0 Å². The number of nitrogens with zero attached hydrogens (tertiary/aromatic N) is 1. The molecule has 2 bridgehead atoms. The van der Waals surface area contributed by atoms with Gasteiger partial charge in [-0.1, -0.05) is 18.2 Å². The Morgan fingerprint density at radius 1 is 1.18 bits per heavy atom. The summed E-state index contributed by atoms with van der Waals surface area (Å²) in [7, 11) is 3.42. The number of fused-ring (bicyclic) bond motifs is 2. The van der Waals surface area contributed by atoms with Crippen molar-refractivity contribution < 1.29 is 19.1 Å². The van der Waals surface area contributed by atoms with E-state index in [1.165, 1.54) is 7.11 Å². The van der Waals surface area contributed by atoms with Crippen molar-refractivity contribution in [2.75, 3.05) is 14.2 Å². The van der Waals surface area contributed by atoms with Crippen molar-refractivity contribution in [3.63, 3.8) is 0 Å². The van der Waals surface area contributed by atoms with E-state index in [2.05, 4.69) is 4.90 Å². The number of carbonyl (C=O) groups excluding carboxylic acids is 2. The molecule has 2 heterocycles. The second-order valence-electron chi connectivity index (χ2n) is 6.06. The molecule has 22 heavy (non-hydrogen) atoms. The van der Waals surface area contributed by atoms with Crippen LogP contribution in [-0.2, 0) is 14.3 Å². The van der Waals surface area contributed by atoms with Crippen LogP contribution in [0.1, 0.15) is 29.6 Å². The SMILES string of the molecule is COC(=O)C1C(OC(=O)c2ccccc2)C[C@@H]2CC[C@H]1N2C. The summed E-state index contributed by atoms with van der Waals surface area (Å²) < 4.78 is 10.6. The van der Waals surface area contributed by atoms with Gasteiger partial charge in [0.25, 0.3) is 0 Å². The number of benzene rings is 1. The molecule has 0 radical (unpaired) electrons. The predicted octanol–water partition coefficient (Wildman–Crippen LogP) is 1.87. The van der Waals surface area contributed by atoms with E-state index in [1.54, 1.807) is 24.3 Å². The zero-order chi connectivity index (χ0) is 15.7. The van der Waals surface area contributed by atoms with Crippen molar-refractivity contribution in [1.82, 2.24) is 4.90 Å². The quantitative estimate of drug-likeness (QED) is 0.798. The normalized spacial score (nSPS) is 30.8. The number of piperidine rings is 1. The van der Waals surface area contributed by atoms with Crippen LogP contribution in [0, 0.1) is 5.92 Å². The number of hydrogen-bond donors (Lipinski definition) is 0. The van der Waals surface area contributed by atoms with Crippen LogP contribution in [0.3, 0.4) is 0 Å². The highest BCUT2D eigenvalue weighted by molar-refractivity contribution is 5.89. The van der Waals surface area contributed by atoms with Gasteiger partial charge in [-0.25, -0.2) is 4.79 Å². The molecule has 2 aliphatic rings. The first-order valence-electron chi connectivity index (χ1n) is 7.67. The smallest absolute Gasteiger partial charge is 0.338 e. The van der Waals surface area contributed by atoms with Crippen LogP contribution >= 0.6 is 0 Å². The van der Waals surface area contributed by atoms with Crippen molar-refractivity contribution in [2.24, 2.45) is 5.92 Å². The first kappa shape index (κ1) is 15.0. The molecule has 5 heteroatoms. The second kappa shape index (κ2) is 6.08. The third kappa shape index (κ3) is 2.61. The fourth-order valence-electron chi connectivity index (χ4n) is 3.77. The molecule has 4 atom stereocenters. The van der Waals surface area contributed by atoms with Crippen molar-refractivity contribution >= 4 is 11.9 Å². The molecule has 2 fully saturated rings. The molecular weight excluding hydrogens is 282 g/mol. The molecule has 1 aromatic rings. The number of esters is 2. The summed E-state index contributed by atoms with van der Waals surface area (Å²) in [6.07, 6.45) is 2.26. The lowest BCUT2D eigenvalue weighted by Gasteiger charge is -2.40. The Morgan fingerprint density at radius 3 is 2.59 bits per heavy atom. The molecule has 0 N–H and O–H groups in total. The molecule has 0 amide bonds. The standard InChI is InChI=1S/C17H21NO4/c1-18-12-8-9-13(18)15(17(20)21-2)14(10-12)22-16(19)11-6-4-3-5-7-11/h3-7,12-15H,8-10H2,1-2H3/t12-,13+,14?,15?/m0/s1. The minimum Gasteiger partial charge on any atom is -0.469 e. The van der Waals surface area contributed by atoms with Gasteiger partial charge < -0.3 is 9.47 Å². The lowest BCUT2D eigenvalue weighted by atomic mass is 9.87. The second-order valence-corrected chi connectivity index (χ2v) is 6.06. The number of rotatable bonds is 3. The molecule has 0 aromatic heterocycles. The average molecular weight is 303 g/mol. The average Bonchev–Trinajstić information content (AvgIpc) is 2.78. The number of carbonyl (C=O) groups is 2. The molecule has 0 aliphatic carbocycles. The minimum atomic E-state index is -0.408. The fraction of sp³-hybridized carbons (Fsp3) is 0.529. The van der Waals surface area contributed by atoms with Crippen LogP contribution in [0.25, 0.3) is 0 Å². The lowest BCUT2D eigenvalue weighted by Crippen LogP contribution is -2.53. The molecule has 2 saturated heterocycles. The molecular formula is C17H21NO4. The van der Waals surface area contributed by atoms with E-state index >= 15 is 0 Å². The molecule has 5 nitrogen and oxygen atoms in total. The summed E-state index contributed by atoms with van der Waals surface area (Å²) in [5.41, 5.74) is 0.511. The summed E-state index contributed by atoms with van der Waals surface area (Å²) in [6.45, 7) is 0. The molecule has 2 unspecified atom stereocenters. The third-order valence-corrected chi connectivity index (χ3v) is 4.96. The van der Waals surface area contributed by atoms with Crippen LogP contribution in [-0.4, -0.2) is 49.2 Å². The maximum Gasteiger partial charge on any atom is 0.338 e. The van der Waals surface area contributed by atoms with Gasteiger partial charge in [-0.15, -0.1) is 0 Å². The van der Waals surface area contributed by atoms with Gasteiger partial charge in [-0.05, 0) is 32.0 Å². The highest BCUT2D eigenvalue weighted by atomic mass is 16.6. The fourth-order valence-corrected chi connectivity index (χ4v) is 3.77. The summed E-state index contributed by atoms with van der Waals surface area (Å²) in [4.78, 5) is 26.7. The van der Waals surface area contributed by atoms with Gasteiger partial charge in [0.2, 0.25) is 0 Å². The Bertz CT molecular complexity index is 559. The van der Waals surface area contributed by atoms with Gasteiger partial charge in [-0.2, -0.15) is 0 Å². The summed E-state index contributed by atoms with van der Waals surface area (Å²) in [5.74, 6) is -1.06. The predicted molar refractivity (Wildman–Crippen MR) is 80.3 cm³/mol. The van der Waals surface area contributed by atoms with Crippen LogP contribution in [0.15, 0.2) is 30.3 Å². The molecule has 118 valence electrons. The van der Waals surface area contributed by atoms with Gasteiger partial charge in [0, 0.05) is 18.5 Å². The van der Waals surface area contributed by atoms with Crippen molar-refractivity contribution in [3.05, 3.63) is 35.9 Å². The van der Waals surface area contributed by atoms with Gasteiger partial charge in [-0.3, -0.25) is 9.69 Å². The third-order valence-electron chi connectivity index (χ3n) is 4.96. The van der Waals surface area contributed by atoms with Gasteiger partial charge in [0.05, 0.1) is 12.7 Å². The van der Waals surface area contributed by atoms with Crippen molar-refractivity contribution in [2.45, 2.75) is 37.5 Å². The summed E-state index contributed by atoms with van der Waals surface area (Å²) >= 11 is 0. The van der Waals surface area contributed by atoms with Crippen molar-refractivity contribution in [1.29, 1.82) is 0 Å². The lowest BCUT2D eigenvalue weighted by molar-refractivity contribution is -0.156.